The van der Waals surface area contributed by atoms with Gasteiger partial charge in [-0.15, -0.1) is 0 Å². The van der Waals surface area contributed by atoms with Gasteiger partial charge in [-0.3, -0.25) is 9.59 Å². The Kier molecular flexibility index (Phi) is 4.84. The summed E-state index contributed by atoms with van der Waals surface area (Å²) in [5, 5.41) is 0.434. The Balaban J connectivity index is 2.06. The Morgan fingerprint density at radius 2 is 2.05 bits per heavy atom. The summed E-state index contributed by atoms with van der Waals surface area (Å²) >= 11 is 6.09. The summed E-state index contributed by atoms with van der Waals surface area (Å²) in [4.78, 5) is 26.4. The van der Waals surface area contributed by atoms with Crippen molar-refractivity contribution in [3.8, 4) is 5.75 Å². The predicted octanol–water partition coefficient (Wildman–Crippen LogP) is 1.65. The average Bonchev–Trinajstić information content (AvgIpc) is 2.49. The van der Waals surface area contributed by atoms with E-state index in [1.54, 1.807) is 28.0 Å². The number of hydrogen-bond donors (Lipinski definition) is 0. The van der Waals surface area contributed by atoms with Crippen molar-refractivity contribution in [3.05, 3.63) is 28.8 Å². The highest BCUT2D eigenvalue weighted by Gasteiger charge is 2.21. The van der Waals surface area contributed by atoms with Crippen LogP contribution in [0.2, 0.25) is 5.02 Å². The topological polar surface area (TPSA) is 49.9 Å². The van der Waals surface area contributed by atoms with Crippen LogP contribution >= 0.6 is 11.6 Å². The van der Waals surface area contributed by atoms with Crippen LogP contribution in [-0.2, 0) is 4.79 Å². The van der Waals surface area contributed by atoms with E-state index in [0.29, 0.717) is 49.1 Å². The molecule has 0 bridgehead atoms. The number of piperazine rings is 1. The van der Waals surface area contributed by atoms with E-state index in [-0.39, 0.29) is 5.91 Å². The summed E-state index contributed by atoms with van der Waals surface area (Å²) in [6.45, 7) is 4.63. The molecule has 1 fully saturated rings. The molecule has 6 heteroatoms. The van der Waals surface area contributed by atoms with Crippen LogP contribution in [0.1, 0.15) is 17.3 Å². The van der Waals surface area contributed by atoms with Crippen molar-refractivity contribution in [3.63, 3.8) is 0 Å². The molecule has 1 heterocycles. The molecule has 0 radical (unpaired) electrons. The van der Waals surface area contributed by atoms with Crippen LogP contribution in [0.3, 0.4) is 0 Å². The number of ether oxygens (including phenoxy) is 1. The molecule has 1 aromatic rings. The molecule has 0 unspecified atom stereocenters. The second-order valence-electron chi connectivity index (χ2n) is 4.51. The van der Waals surface area contributed by atoms with Crippen molar-refractivity contribution in [2.24, 2.45) is 0 Å². The monoisotopic (exact) mass is 296 g/mol. The minimum Gasteiger partial charge on any atom is -0.492 e. The molecule has 1 aliphatic rings. The normalized spacial score (nSPS) is 15.1. The molecule has 2 rings (SSSR count). The second-order valence-corrected chi connectivity index (χ2v) is 4.92. The van der Waals surface area contributed by atoms with Crippen LogP contribution in [0.4, 0.5) is 0 Å². The molecule has 1 aliphatic heterocycles. The van der Waals surface area contributed by atoms with E-state index < -0.39 is 0 Å². The Morgan fingerprint density at radius 1 is 1.35 bits per heavy atom. The van der Waals surface area contributed by atoms with Gasteiger partial charge in [0.25, 0.3) is 5.91 Å². The number of benzene rings is 1. The molecular weight excluding hydrogens is 280 g/mol. The number of nitrogens with zero attached hydrogens (tertiary/aromatic N) is 2. The number of carbonyl (C=O) groups is 2. The van der Waals surface area contributed by atoms with Gasteiger partial charge in [-0.1, -0.05) is 11.6 Å². The average molecular weight is 297 g/mol. The molecule has 0 aromatic heterocycles. The van der Waals surface area contributed by atoms with E-state index in [4.69, 9.17) is 16.3 Å². The molecule has 0 aliphatic carbocycles. The van der Waals surface area contributed by atoms with Gasteiger partial charge in [0.05, 0.1) is 11.6 Å². The highest BCUT2D eigenvalue weighted by molar-refractivity contribution is 6.32. The smallest absolute Gasteiger partial charge is 0.254 e. The summed E-state index contributed by atoms with van der Waals surface area (Å²) in [5.74, 6) is 0.511. The van der Waals surface area contributed by atoms with E-state index >= 15 is 0 Å². The fourth-order valence-corrected chi connectivity index (χ4v) is 2.35. The van der Waals surface area contributed by atoms with Crippen LogP contribution in [-0.4, -0.2) is 54.9 Å². The van der Waals surface area contributed by atoms with Crippen molar-refractivity contribution in [2.75, 3.05) is 32.8 Å². The van der Waals surface area contributed by atoms with E-state index in [1.807, 2.05) is 6.92 Å². The third-order valence-corrected chi connectivity index (χ3v) is 3.52. The van der Waals surface area contributed by atoms with E-state index in [0.717, 1.165) is 6.41 Å². The molecule has 20 heavy (non-hydrogen) atoms. The lowest BCUT2D eigenvalue weighted by Gasteiger charge is -2.32. The molecule has 0 saturated carbocycles. The predicted molar refractivity (Wildman–Crippen MR) is 76.2 cm³/mol. The molecule has 0 atom stereocenters. The van der Waals surface area contributed by atoms with Gasteiger partial charge in [0, 0.05) is 31.7 Å². The first-order valence-electron chi connectivity index (χ1n) is 6.56. The van der Waals surface area contributed by atoms with Crippen molar-refractivity contribution in [1.82, 2.24) is 9.80 Å². The van der Waals surface area contributed by atoms with Crippen LogP contribution in [0.15, 0.2) is 18.2 Å². The van der Waals surface area contributed by atoms with Crippen LogP contribution < -0.4 is 4.74 Å². The zero-order valence-corrected chi connectivity index (χ0v) is 12.1. The first kappa shape index (κ1) is 14.7. The number of halogens is 1. The van der Waals surface area contributed by atoms with Gasteiger partial charge >= 0.3 is 0 Å². The van der Waals surface area contributed by atoms with Crippen molar-refractivity contribution < 1.29 is 14.3 Å². The zero-order valence-electron chi connectivity index (χ0n) is 11.3. The fraction of sp³-hybridized carbons (Fsp3) is 0.429. The number of carbonyl (C=O) groups excluding carboxylic acids is 2. The maximum absolute atomic E-state index is 12.3. The molecule has 2 amide bonds. The molecular formula is C14H17ClN2O3. The molecule has 1 aromatic carbocycles. The van der Waals surface area contributed by atoms with Crippen molar-refractivity contribution >= 4 is 23.9 Å². The zero-order chi connectivity index (χ0) is 14.5. The Bertz CT molecular complexity index is 499. The molecule has 0 spiro atoms. The van der Waals surface area contributed by atoms with Crippen LogP contribution in [0.25, 0.3) is 0 Å². The SMILES string of the molecule is CCOc1ccc(C(=O)N2CCN(C=O)CC2)cc1Cl. The fourth-order valence-electron chi connectivity index (χ4n) is 2.12. The van der Waals surface area contributed by atoms with Gasteiger partial charge in [0.15, 0.2) is 0 Å². The maximum Gasteiger partial charge on any atom is 0.254 e. The second kappa shape index (κ2) is 6.61. The lowest BCUT2D eigenvalue weighted by Crippen LogP contribution is -2.48. The Hall–Kier alpha value is -1.75. The lowest BCUT2D eigenvalue weighted by molar-refractivity contribution is -0.119. The largest absolute Gasteiger partial charge is 0.492 e. The summed E-state index contributed by atoms with van der Waals surface area (Å²) < 4.78 is 5.34. The maximum atomic E-state index is 12.3. The summed E-state index contributed by atoms with van der Waals surface area (Å²) in [7, 11) is 0. The number of rotatable bonds is 4. The van der Waals surface area contributed by atoms with Gasteiger partial charge in [-0.2, -0.15) is 0 Å². The lowest BCUT2D eigenvalue weighted by atomic mass is 10.1. The van der Waals surface area contributed by atoms with Gasteiger partial charge in [-0.25, -0.2) is 0 Å². The summed E-state index contributed by atoms with van der Waals surface area (Å²) in [6, 6.07) is 5.05. The van der Waals surface area contributed by atoms with E-state index in [2.05, 4.69) is 0 Å². The summed E-state index contributed by atoms with van der Waals surface area (Å²) in [6.07, 6.45) is 0.815. The van der Waals surface area contributed by atoms with Crippen molar-refractivity contribution in [2.45, 2.75) is 6.92 Å². The van der Waals surface area contributed by atoms with Gasteiger partial charge in [-0.05, 0) is 25.1 Å². The highest BCUT2D eigenvalue weighted by atomic mass is 35.5. The van der Waals surface area contributed by atoms with Gasteiger partial charge < -0.3 is 14.5 Å². The highest BCUT2D eigenvalue weighted by Crippen LogP contribution is 2.26. The van der Waals surface area contributed by atoms with E-state index in [1.165, 1.54) is 0 Å². The van der Waals surface area contributed by atoms with Crippen LogP contribution in [0.5, 0.6) is 5.75 Å². The standard InChI is InChI=1S/C14H17ClN2O3/c1-2-20-13-4-3-11(9-12(13)15)14(19)17-7-5-16(10-18)6-8-17/h3-4,9-10H,2,5-8H2,1H3. The van der Waals surface area contributed by atoms with Crippen LogP contribution in [0, 0.1) is 0 Å². The summed E-state index contributed by atoms with van der Waals surface area (Å²) in [5.41, 5.74) is 0.540. The quantitative estimate of drug-likeness (QED) is 0.794. The molecule has 108 valence electrons. The number of hydrogen-bond acceptors (Lipinski definition) is 3. The Labute approximate surface area is 123 Å². The minimum absolute atomic E-state index is 0.0690. The first-order chi connectivity index (χ1) is 9.65. The van der Waals surface area contributed by atoms with Gasteiger partial charge in [0.2, 0.25) is 6.41 Å². The Morgan fingerprint density at radius 3 is 2.60 bits per heavy atom. The van der Waals surface area contributed by atoms with E-state index in [9.17, 15) is 9.59 Å². The number of amides is 2. The van der Waals surface area contributed by atoms with Gasteiger partial charge in [0.1, 0.15) is 5.75 Å². The molecule has 5 nitrogen and oxygen atoms in total. The molecule has 1 saturated heterocycles. The third kappa shape index (κ3) is 3.22. The molecule has 0 N–H and O–H groups in total. The van der Waals surface area contributed by atoms with Crippen molar-refractivity contribution in [1.29, 1.82) is 0 Å². The first-order valence-corrected chi connectivity index (χ1v) is 6.94. The third-order valence-electron chi connectivity index (χ3n) is 3.23. The minimum atomic E-state index is -0.0690.